The summed E-state index contributed by atoms with van der Waals surface area (Å²) in [5, 5.41) is 8.16. The van der Waals surface area contributed by atoms with E-state index < -0.39 is 0 Å². The van der Waals surface area contributed by atoms with E-state index in [0.717, 1.165) is 12.8 Å². The summed E-state index contributed by atoms with van der Waals surface area (Å²) in [4.78, 5) is 14.7. The predicted molar refractivity (Wildman–Crippen MR) is 31.0 cm³/mol. The summed E-state index contributed by atoms with van der Waals surface area (Å²) in [5.74, 6) is 0.195. The van der Waals surface area contributed by atoms with Crippen molar-refractivity contribution in [2.24, 2.45) is 0 Å². The third-order valence-corrected chi connectivity index (χ3v) is 1.59. The average Bonchev–Trinajstić information content (AvgIpc) is 1.88. The molecule has 0 aliphatic heterocycles. The van der Waals surface area contributed by atoms with Crippen LogP contribution < -0.4 is 0 Å². The van der Waals surface area contributed by atoms with Gasteiger partial charge in [-0.3, -0.25) is 10.1 Å². The lowest BCUT2D eigenvalue weighted by atomic mass is 9.97. The van der Waals surface area contributed by atoms with Gasteiger partial charge in [0.1, 0.15) is 5.78 Å². The lowest BCUT2D eigenvalue weighted by molar-refractivity contribution is -0.281. The maximum atomic E-state index is 10.6. The van der Waals surface area contributed by atoms with E-state index in [9.17, 15) is 4.79 Å². The van der Waals surface area contributed by atoms with E-state index in [1.54, 1.807) is 0 Å². The minimum absolute atomic E-state index is 0.195. The highest BCUT2D eigenvalue weighted by Crippen LogP contribution is 2.16. The summed E-state index contributed by atoms with van der Waals surface area (Å²) in [6.45, 7) is 0. The molecule has 1 saturated carbocycles. The van der Waals surface area contributed by atoms with Crippen molar-refractivity contribution in [3.8, 4) is 0 Å². The van der Waals surface area contributed by atoms with Gasteiger partial charge in [0.25, 0.3) is 0 Å². The normalized spacial score (nSPS) is 28.6. The zero-order chi connectivity index (χ0) is 6.69. The van der Waals surface area contributed by atoms with Crippen molar-refractivity contribution in [2.45, 2.75) is 31.8 Å². The molecule has 3 heteroatoms. The Labute approximate surface area is 53.6 Å². The van der Waals surface area contributed by atoms with Crippen LogP contribution in [-0.4, -0.2) is 17.1 Å². The molecular formula is C6H10O3. The van der Waals surface area contributed by atoms with Crippen LogP contribution in [0.15, 0.2) is 0 Å². The second-order valence-corrected chi connectivity index (χ2v) is 2.36. The second-order valence-electron chi connectivity index (χ2n) is 2.36. The molecule has 0 radical (unpaired) electrons. The summed E-state index contributed by atoms with van der Waals surface area (Å²) < 4.78 is 0. The summed E-state index contributed by atoms with van der Waals surface area (Å²) in [5.41, 5.74) is 0. The van der Waals surface area contributed by atoms with Gasteiger partial charge in [-0.05, 0) is 12.8 Å². The monoisotopic (exact) mass is 130 g/mol. The van der Waals surface area contributed by atoms with Gasteiger partial charge in [-0.2, -0.15) is 0 Å². The van der Waals surface area contributed by atoms with E-state index in [2.05, 4.69) is 4.89 Å². The van der Waals surface area contributed by atoms with Gasteiger partial charge in [-0.15, -0.1) is 0 Å². The van der Waals surface area contributed by atoms with Gasteiger partial charge in [0.2, 0.25) is 0 Å². The summed E-state index contributed by atoms with van der Waals surface area (Å²) >= 11 is 0. The number of hydrogen-bond acceptors (Lipinski definition) is 3. The van der Waals surface area contributed by atoms with Gasteiger partial charge < -0.3 is 0 Å². The van der Waals surface area contributed by atoms with Crippen molar-refractivity contribution in [1.29, 1.82) is 0 Å². The Morgan fingerprint density at radius 2 is 2.44 bits per heavy atom. The Balaban J connectivity index is 2.32. The molecule has 1 N–H and O–H groups in total. The Morgan fingerprint density at radius 3 is 2.89 bits per heavy atom. The molecule has 0 saturated heterocycles. The van der Waals surface area contributed by atoms with Crippen LogP contribution in [0.5, 0.6) is 0 Å². The summed E-state index contributed by atoms with van der Waals surface area (Å²) in [6, 6.07) is 0. The van der Waals surface area contributed by atoms with Gasteiger partial charge in [-0.25, -0.2) is 4.89 Å². The quantitative estimate of drug-likeness (QED) is 0.425. The van der Waals surface area contributed by atoms with Crippen molar-refractivity contribution in [3.05, 3.63) is 0 Å². The molecule has 1 aliphatic carbocycles. The molecule has 0 bridgehead atoms. The molecule has 0 amide bonds. The Kier molecular flexibility index (Phi) is 2.19. The SMILES string of the molecule is O=C1CCCC(OO)C1. The van der Waals surface area contributed by atoms with Crippen LogP contribution in [-0.2, 0) is 9.68 Å². The largest absolute Gasteiger partial charge is 0.300 e. The van der Waals surface area contributed by atoms with Crippen molar-refractivity contribution in [3.63, 3.8) is 0 Å². The first kappa shape index (κ1) is 6.71. The first-order valence-electron chi connectivity index (χ1n) is 3.15. The molecule has 0 aromatic carbocycles. The molecule has 0 aromatic heterocycles. The third kappa shape index (κ3) is 1.77. The van der Waals surface area contributed by atoms with Crippen molar-refractivity contribution in [1.82, 2.24) is 0 Å². The zero-order valence-corrected chi connectivity index (χ0v) is 5.17. The van der Waals surface area contributed by atoms with Crippen molar-refractivity contribution < 1.29 is 14.9 Å². The fourth-order valence-electron chi connectivity index (χ4n) is 1.07. The molecule has 9 heavy (non-hydrogen) atoms. The lowest BCUT2D eigenvalue weighted by Crippen LogP contribution is -2.21. The van der Waals surface area contributed by atoms with E-state index >= 15 is 0 Å². The van der Waals surface area contributed by atoms with E-state index in [4.69, 9.17) is 5.26 Å². The number of hydrogen-bond donors (Lipinski definition) is 1. The number of carbonyl (C=O) groups excluding carboxylic acids is 1. The third-order valence-electron chi connectivity index (χ3n) is 1.59. The highest BCUT2D eigenvalue weighted by Gasteiger charge is 2.19. The Bertz CT molecular complexity index is 111. The van der Waals surface area contributed by atoms with Gasteiger partial charge in [0.15, 0.2) is 0 Å². The van der Waals surface area contributed by atoms with Crippen molar-refractivity contribution >= 4 is 5.78 Å². The maximum Gasteiger partial charge on any atom is 0.135 e. The van der Waals surface area contributed by atoms with E-state index in [1.165, 1.54) is 0 Å². The van der Waals surface area contributed by atoms with Crippen LogP contribution in [0.1, 0.15) is 25.7 Å². The van der Waals surface area contributed by atoms with Crippen LogP contribution in [0.2, 0.25) is 0 Å². The average molecular weight is 130 g/mol. The van der Waals surface area contributed by atoms with Gasteiger partial charge in [0.05, 0.1) is 6.10 Å². The lowest BCUT2D eigenvalue weighted by Gasteiger charge is -2.16. The summed E-state index contributed by atoms with van der Waals surface area (Å²) in [7, 11) is 0. The van der Waals surface area contributed by atoms with E-state index in [-0.39, 0.29) is 11.9 Å². The molecule has 1 fully saturated rings. The zero-order valence-electron chi connectivity index (χ0n) is 5.17. The molecule has 52 valence electrons. The molecule has 0 aromatic rings. The van der Waals surface area contributed by atoms with E-state index in [0.29, 0.717) is 12.8 Å². The molecule has 1 atom stereocenters. The number of rotatable bonds is 1. The van der Waals surface area contributed by atoms with Gasteiger partial charge >= 0.3 is 0 Å². The fourth-order valence-corrected chi connectivity index (χ4v) is 1.07. The minimum Gasteiger partial charge on any atom is -0.300 e. The molecule has 1 unspecified atom stereocenters. The van der Waals surface area contributed by atoms with Gasteiger partial charge in [-0.1, -0.05) is 0 Å². The first-order valence-corrected chi connectivity index (χ1v) is 3.15. The molecule has 3 nitrogen and oxygen atoms in total. The summed E-state index contributed by atoms with van der Waals surface area (Å²) in [6.07, 6.45) is 2.47. The molecule has 1 rings (SSSR count). The Hall–Kier alpha value is -0.410. The fraction of sp³-hybridized carbons (Fsp3) is 0.833. The van der Waals surface area contributed by atoms with Gasteiger partial charge in [0, 0.05) is 12.8 Å². The molecule has 0 spiro atoms. The molecule has 0 heterocycles. The number of Topliss-reactive ketones (excluding diaryl/α,β-unsaturated/α-hetero) is 1. The van der Waals surface area contributed by atoms with Crippen LogP contribution in [0.4, 0.5) is 0 Å². The Morgan fingerprint density at radius 1 is 1.67 bits per heavy atom. The minimum atomic E-state index is -0.230. The molecular weight excluding hydrogens is 120 g/mol. The van der Waals surface area contributed by atoms with Crippen molar-refractivity contribution in [2.75, 3.05) is 0 Å². The number of carbonyl (C=O) groups is 1. The van der Waals surface area contributed by atoms with Crippen LogP contribution >= 0.6 is 0 Å². The first-order chi connectivity index (χ1) is 4.33. The maximum absolute atomic E-state index is 10.6. The number of ketones is 1. The topological polar surface area (TPSA) is 46.5 Å². The van der Waals surface area contributed by atoms with Crippen LogP contribution in [0.3, 0.4) is 0 Å². The standard InChI is InChI=1S/C6H10O3/c7-5-2-1-3-6(4-5)9-8/h6,8H,1-4H2. The highest BCUT2D eigenvalue weighted by atomic mass is 17.1. The molecule has 1 aliphatic rings. The highest BCUT2D eigenvalue weighted by molar-refractivity contribution is 5.79. The van der Waals surface area contributed by atoms with E-state index in [1.807, 2.05) is 0 Å². The van der Waals surface area contributed by atoms with Crippen LogP contribution in [0, 0.1) is 0 Å². The smallest absolute Gasteiger partial charge is 0.135 e. The predicted octanol–water partition coefficient (Wildman–Crippen LogP) is 0.988. The van der Waals surface area contributed by atoms with Crippen LogP contribution in [0.25, 0.3) is 0 Å². The second kappa shape index (κ2) is 2.94.